The predicted octanol–water partition coefficient (Wildman–Crippen LogP) is 17.3. The van der Waals surface area contributed by atoms with Crippen LogP contribution in [-0.4, -0.2) is 9.13 Å². The first kappa shape index (κ1) is 38.8. The average molecular weight is 841 g/mol. The Morgan fingerprint density at radius 1 is 0.292 bits per heavy atom. The van der Waals surface area contributed by atoms with E-state index in [4.69, 9.17) is 0 Å². The smallest absolute Gasteiger partial charge is 0.0497 e. The molecule has 0 N–H and O–H groups in total. The van der Waals surface area contributed by atoms with Crippen molar-refractivity contribution in [1.82, 2.24) is 9.13 Å². The van der Waals surface area contributed by atoms with E-state index in [-0.39, 0.29) is 16.2 Å². The molecule has 8 aromatic carbocycles. The number of fused-ring (bicyclic) bond motifs is 15. The SMILES string of the molecule is CC(C)n1c2ccc(-c3ccc4c(c3)C(C)(C)c3cc(-c5ccc6c(c5)c5cc7c(cc5n6C(C)C)C(C)(C)c5ccccc5-7)ccc3-4)cc2c2cc3c(cc21)C(C)(C)c1ccccc1-3. The maximum atomic E-state index is 2.56. The normalized spacial score (nSPS) is 15.9. The van der Waals surface area contributed by atoms with Crippen LogP contribution in [0.3, 0.4) is 0 Å². The summed E-state index contributed by atoms with van der Waals surface area (Å²) in [6.45, 7) is 23.7. The standard InChI is InChI=1S/C63H56N2/c1-35(2)64-57-25-21-37(27-47(57)49-31-45-41-15-11-13-17-51(41)61(5,6)55(45)33-59(49)64)39-19-23-43-44-24-20-40(30-54(44)63(9,10)53(43)29-39)38-22-26-58-48(28-38)50-32-46-42-16-12-14-18-52(42)62(7,8)56(46)34-60(50)65(58)36(3)4/h11-36H,1-10H3. The van der Waals surface area contributed by atoms with Gasteiger partial charge >= 0.3 is 0 Å². The molecule has 13 rings (SSSR count). The van der Waals surface area contributed by atoms with E-state index >= 15 is 0 Å². The highest BCUT2D eigenvalue weighted by atomic mass is 15.0. The minimum atomic E-state index is -0.159. The number of rotatable bonds is 4. The van der Waals surface area contributed by atoms with E-state index in [1.54, 1.807) is 0 Å². The highest BCUT2D eigenvalue weighted by molar-refractivity contribution is 6.13. The van der Waals surface area contributed by atoms with Gasteiger partial charge in [0.1, 0.15) is 0 Å². The first-order valence-corrected chi connectivity index (χ1v) is 23.9. The maximum absolute atomic E-state index is 2.56. The molecule has 0 fully saturated rings. The zero-order chi connectivity index (χ0) is 44.6. The van der Waals surface area contributed by atoms with Crippen LogP contribution < -0.4 is 0 Å². The van der Waals surface area contributed by atoms with Gasteiger partial charge in [-0.05, 0) is 177 Å². The molecule has 2 aromatic heterocycles. The van der Waals surface area contributed by atoms with Gasteiger partial charge in [-0.3, -0.25) is 0 Å². The number of hydrogen-bond acceptors (Lipinski definition) is 0. The van der Waals surface area contributed by atoms with Gasteiger partial charge in [-0.2, -0.15) is 0 Å². The molecule has 2 heteroatoms. The van der Waals surface area contributed by atoms with E-state index in [0.29, 0.717) is 12.1 Å². The summed E-state index contributed by atoms with van der Waals surface area (Å²) in [5.41, 5.74) is 26.8. The lowest BCUT2D eigenvalue weighted by atomic mass is 9.80. The van der Waals surface area contributed by atoms with Crippen molar-refractivity contribution in [3.8, 4) is 55.6 Å². The fraction of sp³-hybridized carbons (Fsp3) is 0.238. The number of hydrogen-bond donors (Lipinski definition) is 0. The Balaban J connectivity index is 0.903. The van der Waals surface area contributed by atoms with Crippen molar-refractivity contribution in [3.63, 3.8) is 0 Å². The number of aromatic nitrogens is 2. The molecule has 0 saturated heterocycles. The number of benzene rings is 8. The maximum Gasteiger partial charge on any atom is 0.0497 e. The molecule has 65 heavy (non-hydrogen) atoms. The highest BCUT2D eigenvalue weighted by Gasteiger charge is 2.39. The third-order valence-electron chi connectivity index (χ3n) is 16.4. The summed E-state index contributed by atoms with van der Waals surface area (Å²) in [5, 5.41) is 5.34. The third-order valence-corrected chi connectivity index (χ3v) is 16.4. The van der Waals surface area contributed by atoms with Gasteiger partial charge in [0.25, 0.3) is 0 Å². The van der Waals surface area contributed by atoms with Crippen LogP contribution in [0, 0.1) is 0 Å². The van der Waals surface area contributed by atoms with E-state index in [1.165, 1.54) is 133 Å². The molecule has 0 spiro atoms. The molecule has 0 unspecified atom stereocenters. The first-order valence-electron chi connectivity index (χ1n) is 23.9. The summed E-state index contributed by atoms with van der Waals surface area (Å²) in [6, 6.07) is 57.5. The van der Waals surface area contributed by atoms with Gasteiger partial charge in [0.05, 0.1) is 0 Å². The average Bonchev–Trinajstić information content (AvgIpc) is 4.00. The Bertz CT molecular complexity index is 3500. The third kappa shape index (κ3) is 5.01. The van der Waals surface area contributed by atoms with Crippen LogP contribution in [0.4, 0.5) is 0 Å². The van der Waals surface area contributed by atoms with Crippen LogP contribution in [0.15, 0.2) is 146 Å². The highest BCUT2D eigenvalue weighted by Crippen LogP contribution is 2.54. The van der Waals surface area contributed by atoms with Gasteiger partial charge in [0, 0.05) is 71.9 Å². The van der Waals surface area contributed by atoms with Gasteiger partial charge in [0.2, 0.25) is 0 Å². The van der Waals surface area contributed by atoms with E-state index in [2.05, 4.69) is 224 Å². The van der Waals surface area contributed by atoms with Gasteiger partial charge in [-0.15, -0.1) is 0 Å². The quantitative estimate of drug-likeness (QED) is 0.167. The Hall–Kier alpha value is -6.64. The van der Waals surface area contributed by atoms with Gasteiger partial charge in [-0.1, -0.05) is 126 Å². The van der Waals surface area contributed by atoms with Crippen molar-refractivity contribution in [3.05, 3.63) is 179 Å². The lowest BCUT2D eigenvalue weighted by Crippen LogP contribution is -2.15. The topological polar surface area (TPSA) is 9.86 Å². The lowest BCUT2D eigenvalue weighted by molar-refractivity contribution is 0.638. The largest absolute Gasteiger partial charge is 0.338 e. The Kier molecular flexibility index (Phi) is 7.63. The van der Waals surface area contributed by atoms with Crippen LogP contribution in [-0.2, 0) is 16.2 Å². The molecule has 0 atom stereocenters. The van der Waals surface area contributed by atoms with E-state index in [0.717, 1.165) is 0 Å². The monoisotopic (exact) mass is 840 g/mol. The zero-order valence-corrected chi connectivity index (χ0v) is 39.4. The van der Waals surface area contributed by atoms with E-state index < -0.39 is 0 Å². The Labute approximate surface area is 383 Å². The Morgan fingerprint density at radius 3 is 1.03 bits per heavy atom. The van der Waals surface area contributed by atoms with Crippen LogP contribution in [0.5, 0.6) is 0 Å². The van der Waals surface area contributed by atoms with Crippen LogP contribution in [0.25, 0.3) is 99.2 Å². The minimum absolute atomic E-state index is 0.0340. The van der Waals surface area contributed by atoms with Crippen molar-refractivity contribution >= 4 is 43.6 Å². The second-order valence-electron chi connectivity index (χ2n) is 21.7. The van der Waals surface area contributed by atoms with Gasteiger partial charge < -0.3 is 9.13 Å². The zero-order valence-electron chi connectivity index (χ0n) is 39.4. The minimum Gasteiger partial charge on any atom is -0.338 e. The molecule has 2 heterocycles. The van der Waals surface area contributed by atoms with Gasteiger partial charge in [-0.25, -0.2) is 0 Å². The number of nitrogens with zero attached hydrogens (tertiary/aromatic N) is 2. The van der Waals surface area contributed by atoms with E-state index in [9.17, 15) is 0 Å². The van der Waals surface area contributed by atoms with Crippen molar-refractivity contribution in [2.45, 2.75) is 97.6 Å². The molecule has 0 amide bonds. The fourth-order valence-corrected chi connectivity index (χ4v) is 13.1. The van der Waals surface area contributed by atoms with Crippen LogP contribution in [0.1, 0.15) is 115 Å². The van der Waals surface area contributed by atoms with Crippen molar-refractivity contribution in [1.29, 1.82) is 0 Å². The molecule has 3 aliphatic carbocycles. The molecular weight excluding hydrogens is 785 g/mol. The van der Waals surface area contributed by atoms with Crippen molar-refractivity contribution in [2.24, 2.45) is 0 Å². The summed E-state index contributed by atoms with van der Waals surface area (Å²) in [6.07, 6.45) is 0. The second-order valence-corrected chi connectivity index (χ2v) is 21.7. The summed E-state index contributed by atoms with van der Waals surface area (Å²) in [4.78, 5) is 0. The summed E-state index contributed by atoms with van der Waals surface area (Å²) in [7, 11) is 0. The Morgan fingerprint density at radius 2 is 0.615 bits per heavy atom. The van der Waals surface area contributed by atoms with Crippen LogP contribution >= 0.6 is 0 Å². The van der Waals surface area contributed by atoms with Gasteiger partial charge in [0.15, 0.2) is 0 Å². The second kappa shape index (κ2) is 12.8. The molecule has 2 nitrogen and oxygen atoms in total. The molecule has 0 bridgehead atoms. The molecule has 318 valence electrons. The van der Waals surface area contributed by atoms with E-state index in [1.807, 2.05) is 0 Å². The van der Waals surface area contributed by atoms with Crippen molar-refractivity contribution in [2.75, 3.05) is 0 Å². The van der Waals surface area contributed by atoms with Crippen molar-refractivity contribution < 1.29 is 0 Å². The summed E-state index contributed by atoms with van der Waals surface area (Å²) >= 11 is 0. The molecule has 3 aliphatic rings. The van der Waals surface area contributed by atoms with Crippen LogP contribution in [0.2, 0.25) is 0 Å². The molecule has 0 radical (unpaired) electrons. The molecular formula is C63H56N2. The summed E-state index contributed by atoms with van der Waals surface area (Å²) in [5.74, 6) is 0. The fourth-order valence-electron chi connectivity index (χ4n) is 13.1. The molecule has 10 aromatic rings. The predicted molar refractivity (Wildman–Crippen MR) is 277 cm³/mol. The summed E-state index contributed by atoms with van der Waals surface area (Å²) < 4.78 is 5.11. The molecule has 0 aliphatic heterocycles. The first-order chi connectivity index (χ1) is 31.1. The lowest BCUT2D eigenvalue weighted by Gasteiger charge is -2.23. The molecule has 0 saturated carbocycles.